The minimum Gasteiger partial charge on any atom is -0.495 e. The summed E-state index contributed by atoms with van der Waals surface area (Å²) in [6.07, 6.45) is 0. The van der Waals surface area contributed by atoms with Crippen LogP contribution in [0.3, 0.4) is 0 Å². The standard InChI is InChI=1S/C13H13NO/c1-15-13-10-6-5-9-12(13)14-11-7-3-2-4-8-11/h2-10,14H,1H3. The van der Waals surface area contributed by atoms with Gasteiger partial charge in [0.1, 0.15) is 5.75 Å². The van der Waals surface area contributed by atoms with E-state index in [2.05, 4.69) is 5.32 Å². The summed E-state index contributed by atoms with van der Waals surface area (Å²) >= 11 is 0. The second kappa shape index (κ2) is 4.51. The fraction of sp³-hybridized carbons (Fsp3) is 0.0769. The number of nitrogens with one attached hydrogen (secondary N) is 1. The van der Waals surface area contributed by atoms with Gasteiger partial charge >= 0.3 is 0 Å². The zero-order valence-electron chi connectivity index (χ0n) is 8.60. The molecule has 2 rings (SSSR count). The van der Waals surface area contributed by atoms with Gasteiger partial charge in [0.05, 0.1) is 12.8 Å². The molecule has 0 saturated carbocycles. The lowest BCUT2D eigenvalue weighted by Crippen LogP contribution is -1.93. The van der Waals surface area contributed by atoms with Crippen LogP contribution in [-0.4, -0.2) is 7.11 Å². The predicted molar refractivity (Wildman–Crippen MR) is 62.7 cm³/mol. The Kier molecular flexibility index (Phi) is 2.88. The Morgan fingerprint density at radius 3 is 2.27 bits per heavy atom. The first-order valence-corrected chi connectivity index (χ1v) is 4.85. The third-order valence-electron chi connectivity index (χ3n) is 2.16. The molecule has 0 aliphatic rings. The highest BCUT2D eigenvalue weighted by Gasteiger charge is 2.00. The van der Waals surface area contributed by atoms with E-state index in [4.69, 9.17) is 4.74 Å². The second-order valence-corrected chi connectivity index (χ2v) is 3.19. The Morgan fingerprint density at radius 2 is 1.53 bits per heavy atom. The zero-order valence-corrected chi connectivity index (χ0v) is 8.60. The minimum absolute atomic E-state index is 0.848. The molecule has 0 aliphatic carbocycles. The van der Waals surface area contributed by atoms with Crippen molar-refractivity contribution in [1.29, 1.82) is 0 Å². The van der Waals surface area contributed by atoms with Gasteiger partial charge in [0.15, 0.2) is 0 Å². The van der Waals surface area contributed by atoms with Gasteiger partial charge in [-0.2, -0.15) is 0 Å². The van der Waals surface area contributed by atoms with Gasteiger partial charge in [-0.05, 0) is 24.3 Å². The molecule has 2 nitrogen and oxygen atoms in total. The van der Waals surface area contributed by atoms with Crippen molar-refractivity contribution in [3.05, 3.63) is 54.6 Å². The molecular formula is C13H13NO. The summed E-state index contributed by atoms with van der Waals surface area (Å²) < 4.78 is 5.26. The monoisotopic (exact) mass is 199 g/mol. The largest absolute Gasteiger partial charge is 0.495 e. The molecule has 2 heteroatoms. The SMILES string of the molecule is COc1ccccc1Nc1ccccc1. The van der Waals surface area contributed by atoms with E-state index < -0.39 is 0 Å². The van der Waals surface area contributed by atoms with Crippen LogP contribution in [0, 0.1) is 0 Å². The molecule has 0 unspecified atom stereocenters. The summed E-state index contributed by atoms with van der Waals surface area (Å²) in [6.45, 7) is 0. The smallest absolute Gasteiger partial charge is 0.142 e. The first kappa shape index (κ1) is 9.59. The molecule has 0 radical (unpaired) electrons. The number of hydrogen-bond acceptors (Lipinski definition) is 2. The normalized spacial score (nSPS) is 9.67. The van der Waals surface area contributed by atoms with Crippen LogP contribution in [0.2, 0.25) is 0 Å². The third-order valence-corrected chi connectivity index (χ3v) is 2.16. The molecule has 2 aromatic rings. The van der Waals surface area contributed by atoms with E-state index in [1.807, 2.05) is 54.6 Å². The van der Waals surface area contributed by atoms with Crippen LogP contribution in [0.15, 0.2) is 54.6 Å². The first-order chi connectivity index (χ1) is 7.40. The van der Waals surface area contributed by atoms with Crippen LogP contribution in [0.4, 0.5) is 11.4 Å². The van der Waals surface area contributed by atoms with Gasteiger partial charge in [0.2, 0.25) is 0 Å². The molecule has 2 aromatic carbocycles. The van der Waals surface area contributed by atoms with Crippen LogP contribution in [0.1, 0.15) is 0 Å². The molecule has 0 aromatic heterocycles. The molecule has 0 saturated heterocycles. The molecule has 0 amide bonds. The van der Waals surface area contributed by atoms with Gasteiger partial charge in [-0.25, -0.2) is 0 Å². The summed E-state index contributed by atoms with van der Waals surface area (Å²) in [6, 6.07) is 17.9. The Hall–Kier alpha value is -1.96. The van der Waals surface area contributed by atoms with Crippen LogP contribution >= 0.6 is 0 Å². The van der Waals surface area contributed by atoms with Crippen molar-refractivity contribution in [3.8, 4) is 5.75 Å². The molecular weight excluding hydrogens is 186 g/mol. The minimum atomic E-state index is 0.848. The second-order valence-electron chi connectivity index (χ2n) is 3.19. The van der Waals surface area contributed by atoms with Crippen LogP contribution in [0.25, 0.3) is 0 Å². The molecule has 0 atom stereocenters. The molecule has 0 bridgehead atoms. The number of para-hydroxylation sites is 3. The summed E-state index contributed by atoms with van der Waals surface area (Å²) in [5.74, 6) is 0.848. The topological polar surface area (TPSA) is 21.3 Å². The van der Waals surface area contributed by atoms with Gasteiger partial charge in [0.25, 0.3) is 0 Å². The van der Waals surface area contributed by atoms with E-state index in [1.165, 1.54) is 0 Å². The number of methoxy groups -OCH3 is 1. The molecule has 0 spiro atoms. The van der Waals surface area contributed by atoms with Crippen molar-refractivity contribution in [2.75, 3.05) is 12.4 Å². The predicted octanol–water partition coefficient (Wildman–Crippen LogP) is 3.44. The average Bonchev–Trinajstić information content (AvgIpc) is 2.31. The van der Waals surface area contributed by atoms with E-state index in [0.717, 1.165) is 17.1 Å². The number of ether oxygens (including phenoxy) is 1. The number of anilines is 2. The fourth-order valence-corrected chi connectivity index (χ4v) is 1.42. The van der Waals surface area contributed by atoms with E-state index in [-0.39, 0.29) is 0 Å². The number of benzene rings is 2. The molecule has 76 valence electrons. The average molecular weight is 199 g/mol. The van der Waals surface area contributed by atoms with Crippen molar-refractivity contribution in [3.63, 3.8) is 0 Å². The quantitative estimate of drug-likeness (QED) is 0.817. The third kappa shape index (κ3) is 2.29. The van der Waals surface area contributed by atoms with Crippen LogP contribution in [-0.2, 0) is 0 Å². The maximum Gasteiger partial charge on any atom is 0.142 e. The number of hydrogen-bond donors (Lipinski definition) is 1. The van der Waals surface area contributed by atoms with E-state index in [9.17, 15) is 0 Å². The Bertz CT molecular complexity index is 426. The summed E-state index contributed by atoms with van der Waals surface area (Å²) in [4.78, 5) is 0. The highest BCUT2D eigenvalue weighted by Crippen LogP contribution is 2.26. The van der Waals surface area contributed by atoms with Gasteiger partial charge in [0, 0.05) is 5.69 Å². The lowest BCUT2D eigenvalue weighted by Gasteiger charge is -2.10. The Balaban J connectivity index is 2.24. The molecule has 0 aliphatic heterocycles. The van der Waals surface area contributed by atoms with E-state index in [1.54, 1.807) is 7.11 Å². The van der Waals surface area contributed by atoms with Crippen molar-refractivity contribution >= 4 is 11.4 Å². The fourth-order valence-electron chi connectivity index (χ4n) is 1.42. The van der Waals surface area contributed by atoms with Gasteiger partial charge in [-0.15, -0.1) is 0 Å². The van der Waals surface area contributed by atoms with Gasteiger partial charge in [-0.3, -0.25) is 0 Å². The highest BCUT2D eigenvalue weighted by molar-refractivity contribution is 5.65. The lowest BCUT2D eigenvalue weighted by atomic mass is 10.2. The van der Waals surface area contributed by atoms with Crippen LogP contribution in [0.5, 0.6) is 5.75 Å². The molecule has 0 fully saturated rings. The maximum atomic E-state index is 5.26. The lowest BCUT2D eigenvalue weighted by molar-refractivity contribution is 0.417. The maximum absolute atomic E-state index is 5.26. The summed E-state index contributed by atoms with van der Waals surface area (Å²) in [7, 11) is 1.67. The highest BCUT2D eigenvalue weighted by atomic mass is 16.5. The van der Waals surface area contributed by atoms with Gasteiger partial charge < -0.3 is 10.1 Å². The van der Waals surface area contributed by atoms with Crippen molar-refractivity contribution < 1.29 is 4.74 Å². The molecule has 15 heavy (non-hydrogen) atoms. The Morgan fingerprint density at radius 1 is 0.867 bits per heavy atom. The molecule has 0 heterocycles. The number of rotatable bonds is 3. The van der Waals surface area contributed by atoms with Crippen molar-refractivity contribution in [1.82, 2.24) is 0 Å². The summed E-state index contributed by atoms with van der Waals surface area (Å²) in [5.41, 5.74) is 2.04. The van der Waals surface area contributed by atoms with E-state index in [0.29, 0.717) is 0 Å². The van der Waals surface area contributed by atoms with Gasteiger partial charge in [-0.1, -0.05) is 30.3 Å². The van der Waals surface area contributed by atoms with Crippen molar-refractivity contribution in [2.45, 2.75) is 0 Å². The van der Waals surface area contributed by atoms with Crippen molar-refractivity contribution in [2.24, 2.45) is 0 Å². The summed E-state index contributed by atoms with van der Waals surface area (Å²) in [5, 5.41) is 3.30. The zero-order chi connectivity index (χ0) is 10.5. The molecule has 1 N–H and O–H groups in total. The Labute approximate surface area is 89.5 Å². The van der Waals surface area contributed by atoms with E-state index >= 15 is 0 Å². The van der Waals surface area contributed by atoms with Crippen LogP contribution < -0.4 is 10.1 Å². The first-order valence-electron chi connectivity index (χ1n) is 4.85.